The first-order chi connectivity index (χ1) is 5.65. The van der Waals surface area contributed by atoms with Crippen molar-refractivity contribution in [1.82, 2.24) is 5.48 Å². The Hall–Kier alpha value is -1.07. The van der Waals surface area contributed by atoms with Crippen molar-refractivity contribution >= 4 is 27.5 Å². The second-order valence-corrected chi connectivity index (χ2v) is 3.03. The summed E-state index contributed by atoms with van der Waals surface area (Å²) in [6, 6.07) is 4.63. The van der Waals surface area contributed by atoms with Gasteiger partial charge in [0.05, 0.1) is 0 Å². The Morgan fingerprint density at radius 3 is 2.75 bits per heavy atom. The molecule has 0 saturated heterocycles. The quantitative estimate of drug-likeness (QED) is 0.385. The number of halogens is 1. The largest absolute Gasteiger partial charge is 0.398 e. The lowest BCUT2D eigenvalue weighted by atomic mass is 10.2. The Morgan fingerprint density at radius 1 is 1.58 bits per heavy atom. The minimum atomic E-state index is -0.560. The van der Waals surface area contributed by atoms with Crippen LogP contribution in [0.2, 0.25) is 0 Å². The lowest BCUT2D eigenvalue weighted by Crippen LogP contribution is -2.18. The van der Waals surface area contributed by atoms with Gasteiger partial charge in [0.2, 0.25) is 0 Å². The van der Waals surface area contributed by atoms with Crippen molar-refractivity contribution in [2.24, 2.45) is 0 Å². The number of nitrogens with two attached hydrogens (primary N) is 1. The van der Waals surface area contributed by atoms with Gasteiger partial charge in [0, 0.05) is 15.7 Å². The first-order valence-corrected chi connectivity index (χ1v) is 3.94. The van der Waals surface area contributed by atoms with Gasteiger partial charge in [-0.25, -0.2) is 5.48 Å². The van der Waals surface area contributed by atoms with E-state index in [0.29, 0.717) is 15.7 Å². The second-order valence-electron chi connectivity index (χ2n) is 2.18. The van der Waals surface area contributed by atoms with Crippen molar-refractivity contribution < 1.29 is 10.0 Å². The molecule has 1 amide bonds. The number of amides is 1. The first kappa shape index (κ1) is 9.02. The molecule has 0 unspecified atom stereocenters. The maximum Gasteiger partial charge on any atom is 0.274 e. The number of hydrogen-bond acceptors (Lipinski definition) is 3. The van der Waals surface area contributed by atoms with E-state index in [-0.39, 0.29) is 0 Å². The number of rotatable bonds is 1. The zero-order chi connectivity index (χ0) is 9.14. The van der Waals surface area contributed by atoms with Crippen LogP contribution in [-0.4, -0.2) is 11.1 Å². The van der Waals surface area contributed by atoms with E-state index in [1.807, 2.05) is 0 Å². The zero-order valence-electron chi connectivity index (χ0n) is 6.04. The third kappa shape index (κ3) is 1.75. The van der Waals surface area contributed by atoms with E-state index in [1.54, 1.807) is 6.07 Å². The molecular weight excluding hydrogens is 224 g/mol. The summed E-state index contributed by atoms with van der Waals surface area (Å²) in [5, 5.41) is 8.30. The number of nitrogens with one attached hydrogen (secondary N) is 1. The van der Waals surface area contributed by atoms with E-state index >= 15 is 0 Å². The van der Waals surface area contributed by atoms with E-state index in [2.05, 4.69) is 15.9 Å². The number of hydroxylamine groups is 1. The molecule has 0 radical (unpaired) electrons. The summed E-state index contributed by atoms with van der Waals surface area (Å²) in [5.74, 6) is -0.560. The molecule has 4 nitrogen and oxygen atoms in total. The minimum Gasteiger partial charge on any atom is -0.398 e. The number of hydrogen-bond donors (Lipinski definition) is 3. The van der Waals surface area contributed by atoms with Crippen molar-refractivity contribution in [3.63, 3.8) is 0 Å². The van der Waals surface area contributed by atoms with Gasteiger partial charge in [0.15, 0.2) is 0 Å². The van der Waals surface area contributed by atoms with Crippen molar-refractivity contribution in [1.29, 1.82) is 0 Å². The van der Waals surface area contributed by atoms with Gasteiger partial charge in [-0.3, -0.25) is 10.0 Å². The lowest BCUT2D eigenvalue weighted by Gasteiger charge is -2.01. The van der Waals surface area contributed by atoms with E-state index in [1.165, 1.54) is 17.6 Å². The molecule has 0 atom stereocenters. The third-order valence-corrected chi connectivity index (χ3v) is 2.05. The fourth-order valence-corrected chi connectivity index (χ4v) is 1.11. The molecule has 0 bridgehead atoms. The van der Waals surface area contributed by atoms with Crippen molar-refractivity contribution in [2.45, 2.75) is 0 Å². The lowest BCUT2D eigenvalue weighted by molar-refractivity contribution is 0.0706. The van der Waals surface area contributed by atoms with E-state index in [9.17, 15) is 4.79 Å². The van der Waals surface area contributed by atoms with Gasteiger partial charge < -0.3 is 5.73 Å². The number of nitrogen functional groups attached to an aromatic ring is 1. The van der Waals surface area contributed by atoms with Gasteiger partial charge in [-0.1, -0.05) is 0 Å². The van der Waals surface area contributed by atoms with Crippen LogP contribution in [0.1, 0.15) is 10.4 Å². The molecule has 4 N–H and O–H groups in total. The average Bonchev–Trinajstić information content (AvgIpc) is 2.08. The number of anilines is 1. The van der Waals surface area contributed by atoms with Crippen LogP contribution in [0, 0.1) is 0 Å². The van der Waals surface area contributed by atoms with Crippen LogP contribution >= 0.6 is 15.9 Å². The summed E-state index contributed by atoms with van der Waals surface area (Å²) in [7, 11) is 0. The molecule has 0 aliphatic carbocycles. The SMILES string of the molecule is Nc1ccc(C(=O)NO)cc1Br. The summed E-state index contributed by atoms with van der Waals surface area (Å²) in [5.41, 5.74) is 7.91. The van der Waals surface area contributed by atoms with E-state index < -0.39 is 5.91 Å². The molecule has 12 heavy (non-hydrogen) atoms. The van der Waals surface area contributed by atoms with Crippen LogP contribution in [0.3, 0.4) is 0 Å². The Labute approximate surface area is 77.5 Å². The highest BCUT2D eigenvalue weighted by atomic mass is 79.9. The summed E-state index contributed by atoms with van der Waals surface area (Å²) in [6.07, 6.45) is 0. The first-order valence-electron chi connectivity index (χ1n) is 3.14. The van der Waals surface area contributed by atoms with Gasteiger partial charge in [-0.15, -0.1) is 0 Å². The summed E-state index contributed by atoms with van der Waals surface area (Å²) < 4.78 is 0.628. The van der Waals surface area contributed by atoms with Crippen LogP contribution in [0.25, 0.3) is 0 Å². The van der Waals surface area contributed by atoms with Crippen LogP contribution in [-0.2, 0) is 0 Å². The van der Waals surface area contributed by atoms with Crippen LogP contribution in [0.15, 0.2) is 22.7 Å². The van der Waals surface area contributed by atoms with Gasteiger partial charge in [0.25, 0.3) is 5.91 Å². The number of carbonyl (C=O) groups is 1. The minimum absolute atomic E-state index is 0.346. The highest BCUT2D eigenvalue weighted by Crippen LogP contribution is 2.20. The molecule has 1 rings (SSSR count). The molecule has 0 aliphatic rings. The maximum atomic E-state index is 10.9. The van der Waals surface area contributed by atoms with Crippen LogP contribution in [0.4, 0.5) is 5.69 Å². The Morgan fingerprint density at radius 2 is 2.25 bits per heavy atom. The maximum absolute atomic E-state index is 10.9. The third-order valence-electron chi connectivity index (χ3n) is 1.36. The normalized spacial score (nSPS) is 9.50. The molecule has 1 aromatic rings. The molecule has 0 fully saturated rings. The summed E-state index contributed by atoms with van der Waals surface area (Å²) in [6.45, 7) is 0. The monoisotopic (exact) mass is 230 g/mol. The zero-order valence-corrected chi connectivity index (χ0v) is 7.63. The van der Waals surface area contributed by atoms with E-state index in [4.69, 9.17) is 10.9 Å². The molecule has 1 aromatic carbocycles. The fourth-order valence-electron chi connectivity index (χ4n) is 0.733. The topological polar surface area (TPSA) is 75.4 Å². The Kier molecular flexibility index (Phi) is 2.67. The molecule has 0 heterocycles. The van der Waals surface area contributed by atoms with Crippen molar-refractivity contribution in [2.75, 3.05) is 5.73 Å². The molecule has 0 aliphatic heterocycles. The average molecular weight is 231 g/mol. The summed E-state index contributed by atoms with van der Waals surface area (Å²) >= 11 is 3.16. The highest BCUT2D eigenvalue weighted by molar-refractivity contribution is 9.10. The molecule has 64 valence electrons. The molecule has 0 spiro atoms. The van der Waals surface area contributed by atoms with E-state index in [0.717, 1.165) is 0 Å². The van der Waals surface area contributed by atoms with Gasteiger partial charge in [0.1, 0.15) is 0 Å². The fraction of sp³-hybridized carbons (Fsp3) is 0. The van der Waals surface area contributed by atoms with Crippen LogP contribution < -0.4 is 11.2 Å². The van der Waals surface area contributed by atoms with Gasteiger partial charge >= 0.3 is 0 Å². The molecule has 0 aromatic heterocycles. The standard InChI is InChI=1S/C7H7BrN2O2/c8-5-3-4(7(11)10-12)1-2-6(5)9/h1-3,12H,9H2,(H,10,11). The van der Waals surface area contributed by atoms with Crippen LogP contribution in [0.5, 0.6) is 0 Å². The predicted molar refractivity (Wildman–Crippen MR) is 47.8 cm³/mol. The summed E-state index contributed by atoms with van der Waals surface area (Å²) in [4.78, 5) is 10.9. The predicted octanol–water partition coefficient (Wildman–Crippen LogP) is 1.15. The Bertz CT molecular complexity index is 314. The van der Waals surface area contributed by atoms with Crippen molar-refractivity contribution in [3.05, 3.63) is 28.2 Å². The molecule has 5 heteroatoms. The van der Waals surface area contributed by atoms with Gasteiger partial charge in [-0.2, -0.15) is 0 Å². The molecular formula is C7H7BrN2O2. The Balaban J connectivity index is 3.05. The second kappa shape index (κ2) is 3.55. The molecule has 0 saturated carbocycles. The smallest absolute Gasteiger partial charge is 0.274 e. The number of carbonyl (C=O) groups excluding carboxylic acids is 1. The number of benzene rings is 1. The van der Waals surface area contributed by atoms with Gasteiger partial charge in [-0.05, 0) is 34.1 Å². The van der Waals surface area contributed by atoms with Crippen molar-refractivity contribution in [3.8, 4) is 0 Å². The highest BCUT2D eigenvalue weighted by Gasteiger charge is 2.04.